The van der Waals surface area contributed by atoms with Gasteiger partial charge in [0.2, 0.25) is 5.91 Å². The van der Waals surface area contributed by atoms with Crippen LogP contribution in [0.5, 0.6) is 5.75 Å². The van der Waals surface area contributed by atoms with Crippen LogP contribution >= 0.6 is 0 Å². The standard InChI is InChI=1S/C16H22FNO2/c1-12-7-9-18(10-8-12)16(19)6-4-13-3-5-15(20-2)14(17)11-13/h3,5,11-12H,4,6-10H2,1-2H3. The Balaban J connectivity index is 1.85. The summed E-state index contributed by atoms with van der Waals surface area (Å²) in [6.45, 7) is 3.94. The highest BCUT2D eigenvalue weighted by Crippen LogP contribution is 2.20. The molecule has 4 heteroatoms. The minimum atomic E-state index is -0.371. The van der Waals surface area contributed by atoms with E-state index in [1.807, 2.05) is 11.0 Å². The number of methoxy groups -OCH3 is 1. The smallest absolute Gasteiger partial charge is 0.222 e. The topological polar surface area (TPSA) is 29.5 Å². The minimum absolute atomic E-state index is 0.174. The molecule has 1 aliphatic heterocycles. The van der Waals surface area contributed by atoms with E-state index in [9.17, 15) is 9.18 Å². The van der Waals surface area contributed by atoms with Gasteiger partial charge in [0.25, 0.3) is 0 Å². The Hall–Kier alpha value is -1.58. The van der Waals surface area contributed by atoms with E-state index in [-0.39, 0.29) is 17.5 Å². The number of carbonyl (C=O) groups excluding carboxylic acids is 1. The van der Waals surface area contributed by atoms with Crippen molar-refractivity contribution in [3.05, 3.63) is 29.6 Å². The molecule has 0 aliphatic carbocycles. The average molecular weight is 279 g/mol. The predicted octanol–water partition coefficient (Wildman–Crippen LogP) is 3.03. The SMILES string of the molecule is COc1ccc(CCC(=O)N2CCC(C)CC2)cc1F. The number of halogens is 1. The first-order chi connectivity index (χ1) is 9.60. The fourth-order valence-corrected chi connectivity index (χ4v) is 2.53. The van der Waals surface area contributed by atoms with Gasteiger partial charge in [-0.1, -0.05) is 13.0 Å². The summed E-state index contributed by atoms with van der Waals surface area (Å²) in [6, 6.07) is 4.87. The third kappa shape index (κ3) is 3.71. The number of piperidine rings is 1. The van der Waals surface area contributed by atoms with E-state index >= 15 is 0 Å². The maximum atomic E-state index is 13.6. The van der Waals surface area contributed by atoms with E-state index in [0.717, 1.165) is 37.4 Å². The molecule has 2 rings (SSSR count). The van der Waals surface area contributed by atoms with Crippen LogP contribution in [0.25, 0.3) is 0 Å². The van der Waals surface area contributed by atoms with Gasteiger partial charge >= 0.3 is 0 Å². The maximum Gasteiger partial charge on any atom is 0.222 e. The molecule has 0 unspecified atom stereocenters. The molecule has 1 fully saturated rings. The summed E-state index contributed by atoms with van der Waals surface area (Å²) in [5, 5.41) is 0. The van der Waals surface area contributed by atoms with E-state index in [2.05, 4.69) is 6.92 Å². The molecule has 0 aromatic heterocycles. The van der Waals surface area contributed by atoms with Gasteiger partial charge in [0, 0.05) is 19.5 Å². The van der Waals surface area contributed by atoms with Crippen LogP contribution in [-0.4, -0.2) is 31.0 Å². The molecular formula is C16H22FNO2. The highest BCUT2D eigenvalue weighted by molar-refractivity contribution is 5.76. The Morgan fingerprint density at radius 2 is 2.10 bits per heavy atom. The number of nitrogens with zero attached hydrogens (tertiary/aromatic N) is 1. The molecule has 0 atom stereocenters. The number of hydrogen-bond acceptors (Lipinski definition) is 2. The molecule has 1 saturated heterocycles. The zero-order valence-corrected chi connectivity index (χ0v) is 12.2. The first kappa shape index (κ1) is 14.8. The Labute approximate surface area is 119 Å². The molecule has 3 nitrogen and oxygen atoms in total. The molecule has 0 spiro atoms. The second kappa shape index (κ2) is 6.73. The van der Waals surface area contributed by atoms with Crippen LogP contribution in [0.2, 0.25) is 0 Å². The van der Waals surface area contributed by atoms with Gasteiger partial charge in [-0.3, -0.25) is 4.79 Å². The lowest BCUT2D eigenvalue weighted by atomic mass is 9.98. The third-order valence-corrected chi connectivity index (χ3v) is 3.98. The second-order valence-corrected chi connectivity index (χ2v) is 5.53. The fraction of sp³-hybridized carbons (Fsp3) is 0.562. The number of ether oxygens (including phenoxy) is 1. The fourth-order valence-electron chi connectivity index (χ4n) is 2.53. The summed E-state index contributed by atoms with van der Waals surface area (Å²) in [5.74, 6) is 0.761. The normalized spacial score (nSPS) is 16.2. The first-order valence-electron chi connectivity index (χ1n) is 7.20. The molecule has 1 amide bonds. The van der Waals surface area contributed by atoms with Crippen LogP contribution in [0, 0.1) is 11.7 Å². The van der Waals surface area contributed by atoms with Crippen molar-refractivity contribution in [2.24, 2.45) is 5.92 Å². The Morgan fingerprint density at radius 1 is 1.40 bits per heavy atom. The Morgan fingerprint density at radius 3 is 2.70 bits per heavy atom. The number of likely N-dealkylation sites (tertiary alicyclic amines) is 1. The van der Waals surface area contributed by atoms with E-state index in [1.54, 1.807) is 6.07 Å². The van der Waals surface area contributed by atoms with Gasteiger partial charge in [0.1, 0.15) is 0 Å². The van der Waals surface area contributed by atoms with Crippen molar-refractivity contribution in [2.75, 3.05) is 20.2 Å². The summed E-state index contributed by atoms with van der Waals surface area (Å²) in [7, 11) is 1.44. The molecule has 1 aromatic carbocycles. The zero-order chi connectivity index (χ0) is 14.5. The minimum Gasteiger partial charge on any atom is -0.494 e. The zero-order valence-electron chi connectivity index (χ0n) is 12.2. The van der Waals surface area contributed by atoms with Crippen LogP contribution in [0.4, 0.5) is 4.39 Å². The van der Waals surface area contributed by atoms with Crippen molar-refractivity contribution < 1.29 is 13.9 Å². The monoisotopic (exact) mass is 279 g/mol. The lowest BCUT2D eigenvalue weighted by molar-refractivity contribution is -0.132. The summed E-state index contributed by atoms with van der Waals surface area (Å²) in [6.07, 6.45) is 3.19. The van der Waals surface area contributed by atoms with E-state index in [4.69, 9.17) is 4.74 Å². The first-order valence-corrected chi connectivity index (χ1v) is 7.20. The van der Waals surface area contributed by atoms with E-state index in [0.29, 0.717) is 12.8 Å². The largest absolute Gasteiger partial charge is 0.494 e. The van der Waals surface area contributed by atoms with Crippen LogP contribution in [0.3, 0.4) is 0 Å². The number of amides is 1. The maximum absolute atomic E-state index is 13.6. The molecular weight excluding hydrogens is 257 g/mol. The highest BCUT2D eigenvalue weighted by atomic mass is 19.1. The van der Waals surface area contributed by atoms with E-state index < -0.39 is 0 Å². The molecule has 1 aliphatic rings. The van der Waals surface area contributed by atoms with Crippen molar-refractivity contribution in [3.63, 3.8) is 0 Å². The number of hydrogen-bond donors (Lipinski definition) is 0. The number of aryl methyl sites for hydroxylation is 1. The highest BCUT2D eigenvalue weighted by Gasteiger charge is 2.19. The molecule has 0 saturated carbocycles. The lowest BCUT2D eigenvalue weighted by Crippen LogP contribution is -2.37. The quantitative estimate of drug-likeness (QED) is 0.848. The molecule has 1 aromatic rings. The van der Waals surface area contributed by atoms with Crippen LogP contribution in [0.15, 0.2) is 18.2 Å². The van der Waals surface area contributed by atoms with Crippen molar-refractivity contribution in [2.45, 2.75) is 32.6 Å². The average Bonchev–Trinajstić information content (AvgIpc) is 2.45. The molecule has 0 radical (unpaired) electrons. The van der Waals surface area contributed by atoms with Crippen LogP contribution in [0.1, 0.15) is 31.7 Å². The molecule has 0 bridgehead atoms. The van der Waals surface area contributed by atoms with Gasteiger partial charge in [-0.2, -0.15) is 0 Å². The predicted molar refractivity (Wildman–Crippen MR) is 76.3 cm³/mol. The molecule has 20 heavy (non-hydrogen) atoms. The third-order valence-electron chi connectivity index (χ3n) is 3.98. The van der Waals surface area contributed by atoms with Gasteiger partial charge in [-0.25, -0.2) is 4.39 Å². The number of rotatable bonds is 4. The van der Waals surface area contributed by atoms with E-state index in [1.165, 1.54) is 13.2 Å². The lowest BCUT2D eigenvalue weighted by Gasteiger charge is -2.30. The van der Waals surface area contributed by atoms with Crippen molar-refractivity contribution >= 4 is 5.91 Å². The van der Waals surface area contributed by atoms with Gasteiger partial charge in [0.15, 0.2) is 11.6 Å². The summed E-state index contributed by atoms with van der Waals surface area (Å²) in [4.78, 5) is 14.0. The number of benzene rings is 1. The van der Waals surface area contributed by atoms with Crippen molar-refractivity contribution in [1.29, 1.82) is 0 Å². The molecule has 0 N–H and O–H groups in total. The summed E-state index contributed by atoms with van der Waals surface area (Å²) >= 11 is 0. The molecule has 110 valence electrons. The van der Waals surface area contributed by atoms with Crippen molar-refractivity contribution in [1.82, 2.24) is 4.90 Å². The van der Waals surface area contributed by atoms with Gasteiger partial charge in [0.05, 0.1) is 7.11 Å². The summed E-state index contributed by atoms with van der Waals surface area (Å²) < 4.78 is 18.4. The van der Waals surface area contributed by atoms with Crippen LogP contribution < -0.4 is 4.74 Å². The Bertz CT molecular complexity index is 468. The van der Waals surface area contributed by atoms with Crippen molar-refractivity contribution in [3.8, 4) is 5.75 Å². The van der Waals surface area contributed by atoms with Gasteiger partial charge in [-0.05, 0) is 42.9 Å². The second-order valence-electron chi connectivity index (χ2n) is 5.53. The van der Waals surface area contributed by atoms with Gasteiger partial charge < -0.3 is 9.64 Å². The number of carbonyl (C=O) groups is 1. The summed E-state index contributed by atoms with van der Waals surface area (Å²) in [5.41, 5.74) is 0.835. The van der Waals surface area contributed by atoms with Gasteiger partial charge in [-0.15, -0.1) is 0 Å². The Kier molecular flexibility index (Phi) is 4.99. The molecule has 1 heterocycles. The van der Waals surface area contributed by atoms with Crippen LogP contribution in [-0.2, 0) is 11.2 Å².